The molecule has 2 unspecified atom stereocenters. The van der Waals surface area contributed by atoms with Crippen LogP contribution in [-0.2, 0) is 4.79 Å². The van der Waals surface area contributed by atoms with Gasteiger partial charge in [0.25, 0.3) is 0 Å². The lowest BCUT2D eigenvalue weighted by Gasteiger charge is -2.31. The Kier molecular flexibility index (Phi) is 6.35. The summed E-state index contributed by atoms with van der Waals surface area (Å²) in [6, 6.07) is 8.58. The molecule has 1 N–H and O–H groups in total. The Labute approximate surface area is 151 Å². The fourth-order valence-corrected chi connectivity index (χ4v) is 3.86. The summed E-state index contributed by atoms with van der Waals surface area (Å²) in [7, 11) is 1.70. The molecule has 1 heterocycles. The number of ether oxygens (including phenoxy) is 1. The normalized spacial score (nSPS) is 21.2. The van der Waals surface area contributed by atoms with E-state index in [0.29, 0.717) is 12.5 Å². The number of nitrogens with one attached hydrogen (secondary N) is 1. The molecule has 1 aliphatic heterocycles. The van der Waals surface area contributed by atoms with Crippen LogP contribution in [0, 0.1) is 11.8 Å². The molecule has 2 aliphatic rings. The van der Waals surface area contributed by atoms with Gasteiger partial charge >= 0.3 is 0 Å². The number of rotatable bonds is 7. The first-order chi connectivity index (χ1) is 12.2. The quantitative estimate of drug-likeness (QED) is 0.818. The van der Waals surface area contributed by atoms with Gasteiger partial charge in [-0.15, -0.1) is 0 Å². The second-order valence-electron chi connectivity index (χ2n) is 7.61. The van der Waals surface area contributed by atoms with Crippen LogP contribution in [0.25, 0.3) is 0 Å². The van der Waals surface area contributed by atoms with E-state index in [1.54, 1.807) is 7.11 Å². The Balaban J connectivity index is 1.69. The van der Waals surface area contributed by atoms with Crippen molar-refractivity contribution in [3.05, 3.63) is 29.8 Å². The molecule has 0 bridgehead atoms. The second kappa shape index (κ2) is 8.70. The Morgan fingerprint density at radius 1 is 1.16 bits per heavy atom. The van der Waals surface area contributed by atoms with Crippen LogP contribution in [0.3, 0.4) is 0 Å². The third kappa shape index (κ3) is 4.97. The first kappa shape index (κ1) is 18.2. The molecule has 3 rings (SSSR count). The summed E-state index contributed by atoms with van der Waals surface area (Å²) in [5.74, 6) is 1.86. The van der Waals surface area contributed by atoms with Crippen LogP contribution in [0.2, 0.25) is 0 Å². The standard InChI is InChI=1S/C21H32N2O2/c1-16(17-7-8-17)21(24)22-15-20(23-13-5-3-4-6-14-23)18-9-11-19(25-2)12-10-18/h9-12,16-17,20H,3-8,13-15H2,1-2H3,(H,22,24). The molecule has 0 radical (unpaired) electrons. The zero-order valence-corrected chi connectivity index (χ0v) is 15.7. The Morgan fingerprint density at radius 2 is 1.80 bits per heavy atom. The van der Waals surface area contributed by atoms with E-state index in [1.165, 1.54) is 44.1 Å². The minimum absolute atomic E-state index is 0.153. The van der Waals surface area contributed by atoms with Crippen LogP contribution in [0.15, 0.2) is 24.3 Å². The molecule has 1 saturated carbocycles. The van der Waals surface area contributed by atoms with Crippen LogP contribution in [0.5, 0.6) is 5.75 Å². The number of benzene rings is 1. The lowest BCUT2D eigenvalue weighted by Crippen LogP contribution is -2.40. The van der Waals surface area contributed by atoms with E-state index in [9.17, 15) is 4.79 Å². The highest BCUT2D eigenvalue weighted by molar-refractivity contribution is 5.78. The third-order valence-electron chi connectivity index (χ3n) is 5.79. The molecule has 2 atom stereocenters. The molecule has 4 heteroatoms. The van der Waals surface area contributed by atoms with E-state index in [-0.39, 0.29) is 17.9 Å². The van der Waals surface area contributed by atoms with E-state index in [0.717, 1.165) is 18.8 Å². The van der Waals surface area contributed by atoms with Crippen molar-refractivity contribution >= 4 is 5.91 Å². The van der Waals surface area contributed by atoms with Crippen molar-refractivity contribution < 1.29 is 9.53 Å². The smallest absolute Gasteiger partial charge is 0.223 e. The highest BCUT2D eigenvalue weighted by Gasteiger charge is 2.33. The van der Waals surface area contributed by atoms with Crippen LogP contribution >= 0.6 is 0 Å². The fraction of sp³-hybridized carbons (Fsp3) is 0.667. The van der Waals surface area contributed by atoms with Crippen molar-refractivity contribution in [3.63, 3.8) is 0 Å². The van der Waals surface area contributed by atoms with Crippen LogP contribution in [0.4, 0.5) is 0 Å². The minimum atomic E-state index is 0.153. The van der Waals surface area contributed by atoms with Gasteiger partial charge in [0.1, 0.15) is 5.75 Å². The monoisotopic (exact) mass is 344 g/mol. The van der Waals surface area contributed by atoms with E-state index in [2.05, 4.69) is 29.3 Å². The molecular formula is C21H32N2O2. The van der Waals surface area contributed by atoms with Crippen LogP contribution in [0.1, 0.15) is 57.1 Å². The van der Waals surface area contributed by atoms with Crippen molar-refractivity contribution in [3.8, 4) is 5.75 Å². The van der Waals surface area contributed by atoms with Gasteiger partial charge < -0.3 is 10.1 Å². The largest absolute Gasteiger partial charge is 0.497 e. The van der Waals surface area contributed by atoms with Crippen molar-refractivity contribution in [1.29, 1.82) is 0 Å². The third-order valence-corrected chi connectivity index (χ3v) is 5.79. The van der Waals surface area contributed by atoms with Gasteiger partial charge in [-0.1, -0.05) is 31.9 Å². The van der Waals surface area contributed by atoms with E-state index in [4.69, 9.17) is 4.74 Å². The number of hydrogen-bond donors (Lipinski definition) is 1. The number of nitrogens with zero attached hydrogens (tertiary/aromatic N) is 1. The first-order valence-corrected chi connectivity index (χ1v) is 9.84. The summed E-state index contributed by atoms with van der Waals surface area (Å²) in [4.78, 5) is 15.0. The number of amides is 1. The number of hydrogen-bond acceptors (Lipinski definition) is 3. The molecule has 4 nitrogen and oxygen atoms in total. The lowest BCUT2D eigenvalue weighted by atomic mass is 10.0. The summed E-state index contributed by atoms with van der Waals surface area (Å²) in [6.45, 7) is 5.00. The maximum atomic E-state index is 12.5. The minimum Gasteiger partial charge on any atom is -0.497 e. The second-order valence-corrected chi connectivity index (χ2v) is 7.61. The van der Waals surface area contributed by atoms with Crippen molar-refractivity contribution in [2.24, 2.45) is 11.8 Å². The van der Waals surface area contributed by atoms with Crippen molar-refractivity contribution in [1.82, 2.24) is 10.2 Å². The molecule has 0 spiro atoms. The first-order valence-electron chi connectivity index (χ1n) is 9.84. The summed E-state index contributed by atoms with van der Waals surface area (Å²) >= 11 is 0. The van der Waals surface area contributed by atoms with Gasteiger partial charge in [0, 0.05) is 12.5 Å². The Hall–Kier alpha value is -1.55. The SMILES string of the molecule is COc1ccc(C(CNC(=O)C(C)C2CC2)N2CCCCCC2)cc1. The Bertz CT molecular complexity index is 546. The van der Waals surface area contributed by atoms with Gasteiger partial charge in [0.2, 0.25) is 5.91 Å². The van der Waals surface area contributed by atoms with Gasteiger partial charge in [0.05, 0.1) is 13.2 Å². The number of carbonyl (C=O) groups excluding carboxylic acids is 1. The highest BCUT2D eigenvalue weighted by atomic mass is 16.5. The van der Waals surface area contributed by atoms with Crippen LogP contribution in [-0.4, -0.2) is 37.6 Å². The molecule has 1 amide bonds. The molecule has 1 aliphatic carbocycles. The van der Waals surface area contributed by atoms with Crippen molar-refractivity contribution in [2.75, 3.05) is 26.7 Å². The summed E-state index contributed by atoms with van der Waals surface area (Å²) in [5.41, 5.74) is 1.27. The molecule has 0 aromatic heterocycles. The molecule has 1 saturated heterocycles. The van der Waals surface area contributed by atoms with E-state index >= 15 is 0 Å². The predicted molar refractivity (Wildman–Crippen MR) is 101 cm³/mol. The summed E-state index contributed by atoms with van der Waals surface area (Å²) in [6.07, 6.45) is 7.55. The number of likely N-dealkylation sites (tertiary alicyclic amines) is 1. The maximum Gasteiger partial charge on any atom is 0.223 e. The van der Waals surface area contributed by atoms with Crippen LogP contribution < -0.4 is 10.1 Å². The summed E-state index contributed by atoms with van der Waals surface area (Å²) < 4.78 is 5.29. The fourth-order valence-electron chi connectivity index (χ4n) is 3.86. The molecule has 1 aromatic rings. The van der Waals surface area contributed by atoms with Crippen molar-refractivity contribution in [2.45, 2.75) is 51.5 Å². The van der Waals surface area contributed by atoms with Gasteiger partial charge in [-0.2, -0.15) is 0 Å². The van der Waals surface area contributed by atoms with Gasteiger partial charge in [0.15, 0.2) is 0 Å². The van der Waals surface area contributed by atoms with Gasteiger partial charge in [-0.3, -0.25) is 9.69 Å². The highest BCUT2D eigenvalue weighted by Crippen LogP contribution is 2.36. The number of carbonyl (C=O) groups is 1. The maximum absolute atomic E-state index is 12.5. The molecular weight excluding hydrogens is 312 g/mol. The van der Waals surface area contributed by atoms with E-state index in [1.807, 2.05) is 12.1 Å². The Morgan fingerprint density at radius 3 is 2.36 bits per heavy atom. The predicted octanol–water partition coefficient (Wildman–Crippen LogP) is 3.77. The molecule has 138 valence electrons. The number of methoxy groups -OCH3 is 1. The van der Waals surface area contributed by atoms with E-state index < -0.39 is 0 Å². The zero-order valence-electron chi connectivity index (χ0n) is 15.7. The topological polar surface area (TPSA) is 41.6 Å². The molecule has 2 fully saturated rings. The molecule has 1 aromatic carbocycles. The van der Waals surface area contributed by atoms with Gasteiger partial charge in [-0.05, 0) is 62.4 Å². The molecule has 25 heavy (non-hydrogen) atoms. The summed E-state index contributed by atoms with van der Waals surface area (Å²) in [5, 5.41) is 3.24. The lowest BCUT2D eigenvalue weighted by molar-refractivity contribution is -0.125. The zero-order chi connectivity index (χ0) is 17.6. The average molecular weight is 344 g/mol. The van der Waals surface area contributed by atoms with Gasteiger partial charge in [-0.25, -0.2) is 0 Å². The average Bonchev–Trinajstić information content (AvgIpc) is 3.49.